The molecule has 1 heterocycles. The highest BCUT2D eigenvalue weighted by molar-refractivity contribution is 7.92. The van der Waals surface area contributed by atoms with Gasteiger partial charge in [0.2, 0.25) is 0 Å². The second-order valence-corrected chi connectivity index (χ2v) is 9.52. The average molecular weight is 412 g/mol. The molecule has 0 saturated heterocycles. The number of aromatic nitrogens is 2. The number of nitrogens with zero attached hydrogens (tertiary/aromatic N) is 3. The van der Waals surface area contributed by atoms with Crippen molar-refractivity contribution in [3.63, 3.8) is 0 Å². The first-order valence-electron chi connectivity index (χ1n) is 9.94. The van der Waals surface area contributed by atoms with Crippen molar-refractivity contribution >= 4 is 15.7 Å². The highest BCUT2D eigenvalue weighted by atomic mass is 32.2. The summed E-state index contributed by atoms with van der Waals surface area (Å²) in [5.74, 6) is 0.383. The molecule has 0 unspecified atom stereocenters. The fraction of sp³-hybridized carbons (Fsp3) is 0.348. The molecule has 0 aliphatic heterocycles. The van der Waals surface area contributed by atoms with Crippen LogP contribution < -0.4 is 4.31 Å². The lowest BCUT2D eigenvalue weighted by atomic mass is 10.0. The van der Waals surface area contributed by atoms with Gasteiger partial charge in [-0.1, -0.05) is 38.1 Å². The Morgan fingerprint density at radius 2 is 1.72 bits per heavy atom. The topological polar surface area (TPSA) is 55.2 Å². The quantitative estimate of drug-likeness (QED) is 0.547. The predicted molar refractivity (Wildman–Crippen MR) is 118 cm³/mol. The highest BCUT2D eigenvalue weighted by Gasteiger charge is 2.27. The molecule has 0 spiro atoms. The Morgan fingerprint density at radius 3 is 2.31 bits per heavy atom. The van der Waals surface area contributed by atoms with E-state index in [0.717, 1.165) is 17.7 Å². The van der Waals surface area contributed by atoms with Crippen molar-refractivity contribution in [3.8, 4) is 0 Å². The van der Waals surface area contributed by atoms with Gasteiger partial charge in [0, 0.05) is 12.7 Å². The molecule has 1 aromatic heterocycles. The molecular weight excluding hydrogens is 382 g/mol. The fourth-order valence-electron chi connectivity index (χ4n) is 3.26. The van der Waals surface area contributed by atoms with Crippen LogP contribution in [0.1, 0.15) is 49.1 Å². The molecule has 0 radical (unpaired) electrons. The molecule has 29 heavy (non-hydrogen) atoms. The molecule has 0 N–H and O–H groups in total. The maximum absolute atomic E-state index is 13.7. The zero-order valence-electron chi connectivity index (χ0n) is 17.8. The lowest BCUT2D eigenvalue weighted by Gasteiger charge is -2.25. The molecule has 154 valence electrons. The van der Waals surface area contributed by atoms with E-state index >= 15 is 0 Å². The summed E-state index contributed by atoms with van der Waals surface area (Å²) in [5.41, 5.74) is 4.18. The van der Waals surface area contributed by atoms with Gasteiger partial charge in [0.25, 0.3) is 10.0 Å². The summed E-state index contributed by atoms with van der Waals surface area (Å²) >= 11 is 0. The zero-order valence-corrected chi connectivity index (χ0v) is 18.6. The van der Waals surface area contributed by atoms with Crippen molar-refractivity contribution in [2.24, 2.45) is 0 Å². The van der Waals surface area contributed by atoms with Crippen LogP contribution in [0.2, 0.25) is 0 Å². The Bertz CT molecular complexity index is 1080. The molecule has 3 rings (SSSR count). The fourth-order valence-corrected chi connectivity index (χ4v) is 5.00. The number of benzene rings is 2. The number of rotatable bonds is 7. The van der Waals surface area contributed by atoms with E-state index in [9.17, 15) is 8.42 Å². The van der Waals surface area contributed by atoms with Crippen LogP contribution in [0, 0.1) is 13.8 Å². The Hall–Kier alpha value is -2.60. The lowest BCUT2D eigenvalue weighted by molar-refractivity contribution is 0.587. The summed E-state index contributed by atoms with van der Waals surface area (Å²) in [7, 11) is -3.75. The van der Waals surface area contributed by atoms with Gasteiger partial charge in [0.15, 0.2) is 0 Å². The highest BCUT2D eigenvalue weighted by Crippen LogP contribution is 2.29. The maximum atomic E-state index is 13.7. The van der Waals surface area contributed by atoms with Crippen LogP contribution in [-0.2, 0) is 23.1 Å². The largest absolute Gasteiger partial charge is 0.273 e. The van der Waals surface area contributed by atoms with Crippen LogP contribution in [0.15, 0.2) is 59.6 Å². The van der Waals surface area contributed by atoms with Gasteiger partial charge in [-0.15, -0.1) is 0 Å². The van der Waals surface area contributed by atoms with Crippen molar-refractivity contribution in [3.05, 3.63) is 77.1 Å². The summed E-state index contributed by atoms with van der Waals surface area (Å²) in [6.45, 7) is 10.9. The average Bonchev–Trinajstić information content (AvgIpc) is 3.15. The van der Waals surface area contributed by atoms with Crippen LogP contribution in [0.5, 0.6) is 0 Å². The number of hydrogen-bond acceptors (Lipinski definition) is 3. The molecule has 6 heteroatoms. The monoisotopic (exact) mass is 411 g/mol. The molecule has 0 amide bonds. The lowest BCUT2D eigenvalue weighted by Crippen LogP contribution is -2.31. The summed E-state index contributed by atoms with van der Waals surface area (Å²) < 4.78 is 30.7. The molecular formula is C23H29N3O2S. The first-order chi connectivity index (χ1) is 13.7. The molecule has 0 atom stereocenters. The van der Waals surface area contributed by atoms with E-state index in [4.69, 9.17) is 0 Å². The second-order valence-electron chi connectivity index (χ2n) is 7.69. The molecule has 0 aliphatic rings. The molecule has 0 bridgehead atoms. The SMILES string of the molecule is CCn1ccc(CN(c2ccc(C(C)C)cc2)S(=O)(=O)c2cc(C)ccc2C)n1. The van der Waals surface area contributed by atoms with E-state index in [0.29, 0.717) is 22.2 Å². The van der Waals surface area contributed by atoms with Crippen molar-refractivity contribution in [2.45, 2.75) is 58.5 Å². The third-order valence-corrected chi connectivity index (χ3v) is 7.00. The first-order valence-corrected chi connectivity index (χ1v) is 11.4. The number of sulfonamides is 1. The third-order valence-electron chi connectivity index (χ3n) is 5.08. The minimum absolute atomic E-state index is 0.184. The molecule has 0 aliphatic carbocycles. The number of aryl methyl sites for hydroxylation is 3. The van der Waals surface area contributed by atoms with Gasteiger partial charge in [0.05, 0.1) is 22.8 Å². The Kier molecular flexibility index (Phi) is 6.13. The normalized spacial score (nSPS) is 11.8. The summed E-state index contributed by atoms with van der Waals surface area (Å²) in [6.07, 6.45) is 1.87. The standard InChI is InChI=1S/C23H29N3O2S/c1-6-25-14-13-21(24-25)16-26(22-11-9-20(10-12-22)17(2)3)29(27,28)23-15-18(4)7-8-19(23)5/h7-15,17H,6,16H2,1-5H3. The van der Waals surface area contributed by atoms with Crippen molar-refractivity contribution < 1.29 is 8.42 Å². The maximum Gasteiger partial charge on any atom is 0.264 e. The Balaban J connectivity index is 2.09. The predicted octanol–water partition coefficient (Wildman–Crippen LogP) is 5.04. The van der Waals surface area contributed by atoms with Gasteiger partial charge in [-0.3, -0.25) is 8.99 Å². The third kappa shape index (κ3) is 4.53. The van der Waals surface area contributed by atoms with E-state index in [-0.39, 0.29) is 6.54 Å². The second kappa shape index (κ2) is 8.41. The number of hydrogen-bond donors (Lipinski definition) is 0. The van der Waals surface area contributed by atoms with E-state index in [1.165, 1.54) is 9.87 Å². The van der Waals surface area contributed by atoms with Gasteiger partial charge in [-0.25, -0.2) is 8.42 Å². The minimum atomic E-state index is -3.75. The van der Waals surface area contributed by atoms with Crippen LogP contribution in [-0.4, -0.2) is 18.2 Å². The molecule has 0 saturated carbocycles. The first kappa shape index (κ1) is 21.1. The van der Waals surface area contributed by atoms with Gasteiger partial charge in [-0.05, 0) is 67.6 Å². The van der Waals surface area contributed by atoms with Crippen molar-refractivity contribution in [2.75, 3.05) is 4.31 Å². The van der Waals surface area contributed by atoms with Crippen molar-refractivity contribution in [1.82, 2.24) is 9.78 Å². The minimum Gasteiger partial charge on any atom is -0.273 e. The van der Waals surface area contributed by atoms with E-state index < -0.39 is 10.0 Å². The zero-order chi connectivity index (χ0) is 21.2. The smallest absolute Gasteiger partial charge is 0.264 e. The molecule has 0 fully saturated rings. The van der Waals surface area contributed by atoms with Crippen LogP contribution in [0.4, 0.5) is 5.69 Å². The van der Waals surface area contributed by atoms with Crippen LogP contribution in [0.3, 0.4) is 0 Å². The van der Waals surface area contributed by atoms with Gasteiger partial charge in [0.1, 0.15) is 0 Å². The Labute approximate surface area is 174 Å². The van der Waals surface area contributed by atoms with E-state index in [2.05, 4.69) is 18.9 Å². The molecule has 2 aromatic carbocycles. The molecule has 5 nitrogen and oxygen atoms in total. The van der Waals surface area contributed by atoms with Crippen molar-refractivity contribution in [1.29, 1.82) is 0 Å². The van der Waals surface area contributed by atoms with E-state index in [1.54, 1.807) is 10.7 Å². The van der Waals surface area contributed by atoms with Gasteiger partial charge in [-0.2, -0.15) is 5.10 Å². The Morgan fingerprint density at radius 1 is 1.03 bits per heavy atom. The van der Waals surface area contributed by atoms with E-state index in [1.807, 2.05) is 69.4 Å². The number of anilines is 1. The van der Waals surface area contributed by atoms with Crippen LogP contribution >= 0.6 is 0 Å². The van der Waals surface area contributed by atoms with Crippen LogP contribution in [0.25, 0.3) is 0 Å². The molecule has 3 aromatic rings. The van der Waals surface area contributed by atoms with Gasteiger partial charge >= 0.3 is 0 Å². The summed E-state index contributed by atoms with van der Waals surface area (Å²) in [4.78, 5) is 0.334. The summed E-state index contributed by atoms with van der Waals surface area (Å²) in [5, 5.41) is 4.50. The summed E-state index contributed by atoms with van der Waals surface area (Å²) in [6, 6.07) is 15.2. The van der Waals surface area contributed by atoms with Gasteiger partial charge < -0.3 is 0 Å².